The fourth-order valence-electron chi connectivity index (χ4n) is 5.53. The number of hydrogen-bond acceptors (Lipinski definition) is 0. The van der Waals surface area contributed by atoms with E-state index in [0.29, 0.717) is 5.92 Å². The summed E-state index contributed by atoms with van der Waals surface area (Å²) in [7, 11) is 0. The van der Waals surface area contributed by atoms with Crippen LogP contribution in [0.15, 0.2) is 84.9 Å². The summed E-state index contributed by atoms with van der Waals surface area (Å²) in [5, 5.41) is 0. The lowest BCUT2D eigenvalue weighted by Gasteiger charge is -2.20. The fourth-order valence-corrected chi connectivity index (χ4v) is 5.53. The minimum atomic E-state index is 0.452. The minimum Gasteiger partial charge on any atom is -0.0645 e. The standard InChI is InChI=1S/C29H24/c1-2-23(21-14-15-26-22(17-21)16-19-8-3-5-10-24(19)26)27-12-7-13-28-25-11-6-4-9-20(25)18-29(27)28/h3-15,17,23H,2,16,18H2,1H3. The molecule has 4 aromatic carbocycles. The summed E-state index contributed by atoms with van der Waals surface area (Å²) in [6.45, 7) is 2.33. The van der Waals surface area contributed by atoms with Crippen LogP contribution in [-0.4, -0.2) is 0 Å². The smallest absolute Gasteiger partial charge is 0.00899 e. The zero-order valence-corrected chi connectivity index (χ0v) is 16.8. The van der Waals surface area contributed by atoms with Crippen molar-refractivity contribution in [3.63, 3.8) is 0 Å². The Morgan fingerprint density at radius 1 is 0.621 bits per heavy atom. The maximum Gasteiger partial charge on any atom is 0.00899 e. The molecule has 0 saturated carbocycles. The molecule has 140 valence electrons. The zero-order valence-electron chi connectivity index (χ0n) is 16.8. The molecule has 0 heterocycles. The van der Waals surface area contributed by atoms with Gasteiger partial charge in [0.1, 0.15) is 0 Å². The van der Waals surface area contributed by atoms with E-state index in [-0.39, 0.29) is 0 Å². The molecule has 0 N–H and O–H groups in total. The maximum atomic E-state index is 2.48. The van der Waals surface area contributed by atoms with Gasteiger partial charge in [-0.3, -0.25) is 0 Å². The Kier molecular flexibility index (Phi) is 3.74. The molecule has 0 radical (unpaired) electrons. The number of rotatable bonds is 3. The summed E-state index contributed by atoms with van der Waals surface area (Å²) >= 11 is 0. The molecule has 29 heavy (non-hydrogen) atoms. The zero-order chi connectivity index (χ0) is 19.4. The third-order valence-corrected chi connectivity index (χ3v) is 6.89. The van der Waals surface area contributed by atoms with Crippen molar-refractivity contribution in [2.75, 3.05) is 0 Å². The Hall–Kier alpha value is -3.12. The van der Waals surface area contributed by atoms with Gasteiger partial charge in [0.25, 0.3) is 0 Å². The summed E-state index contributed by atoms with van der Waals surface area (Å²) in [5.41, 5.74) is 14.6. The second-order valence-corrected chi connectivity index (χ2v) is 8.42. The van der Waals surface area contributed by atoms with Crippen molar-refractivity contribution in [3.05, 3.63) is 118 Å². The van der Waals surface area contributed by atoms with Gasteiger partial charge in [0.15, 0.2) is 0 Å². The summed E-state index contributed by atoms with van der Waals surface area (Å²) < 4.78 is 0. The second-order valence-electron chi connectivity index (χ2n) is 8.42. The van der Waals surface area contributed by atoms with E-state index >= 15 is 0 Å². The van der Waals surface area contributed by atoms with Crippen LogP contribution in [0.2, 0.25) is 0 Å². The molecule has 4 aromatic rings. The van der Waals surface area contributed by atoms with Gasteiger partial charge in [-0.15, -0.1) is 0 Å². The van der Waals surface area contributed by atoms with Crippen molar-refractivity contribution in [1.82, 2.24) is 0 Å². The predicted octanol–water partition coefficient (Wildman–Crippen LogP) is 7.37. The highest BCUT2D eigenvalue weighted by atomic mass is 14.3. The number of fused-ring (bicyclic) bond motifs is 6. The topological polar surface area (TPSA) is 0 Å². The van der Waals surface area contributed by atoms with Gasteiger partial charge in [0.05, 0.1) is 0 Å². The van der Waals surface area contributed by atoms with Crippen molar-refractivity contribution in [2.45, 2.75) is 32.1 Å². The third-order valence-electron chi connectivity index (χ3n) is 6.89. The monoisotopic (exact) mass is 372 g/mol. The van der Waals surface area contributed by atoms with Crippen LogP contribution in [0.5, 0.6) is 0 Å². The average Bonchev–Trinajstić information content (AvgIpc) is 3.32. The van der Waals surface area contributed by atoms with E-state index in [1.165, 1.54) is 55.6 Å². The molecule has 0 fully saturated rings. The Morgan fingerprint density at radius 2 is 1.28 bits per heavy atom. The highest BCUT2D eigenvalue weighted by Crippen LogP contribution is 2.44. The van der Waals surface area contributed by atoms with Crippen molar-refractivity contribution in [2.24, 2.45) is 0 Å². The van der Waals surface area contributed by atoms with Crippen LogP contribution < -0.4 is 0 Å². The average molecular weight is 373 g/mol. The van der Waals surface area contributed by atoms with E-state index in [4.69, 9.17) is 0 Å². The predicted molar refractivity (Wildman–Crippen MR) is 122 cm³/mol. The Morgan fingerprint density at radius 3 is 2.07 bits per heavy atom. The first-order valence-electron chi connectivity index (χ1n) is 10.7. The lowest BCUT2D eigenvalue weighted by atomic mass is 9.83. The molecule has 0 nitrogen and oxygen atoms in total. The molecule has 0 heteroatoms. The Balaban J connectivity index is 1.44. The highest BCUT2D eigenvalue weighted by Gasteiger charge is 2.26. The van der Waals surface area contributed by atoms with E-state index in [1.807, 2.05) is 0 Å². The van der Waals surface area contributed by atoms with Gasteiger partial charge in [0, 0.05) is 5.92 Å². The molecule has 2 aliphatic carbocycles. The van der Waals surface area contributed by atoms with Crippen LogP contribution in [0.3, 0.4) is 0 Å². The third kappa shape index (κ3) is 2.52. The quantitative estimate of drug-likeness (QED) is 0.304. The van der Waals surface area contributed by atoms with Gasteiger partial charge in [0.2, 0.25) is 0 Å². The maximum absolute atomic E-state index is 2.48. The van der Waals surface area contributed by atoms with Gasteiger partial charge in [-0.05, 0) is 74.9 Å². The molecular formula is C29H24. The molecular weight excluding hydrogens is 348 g/mol. The van der Waals surface area contributed by atoms with Crippen molar-refractivity contribution in [3.8, 4) is 22.3 Å². The van der Waals surface area contributed by atoms with Crippen LogP contribution >= 0.6 is 0 Å². The van der Waals surface area contributed by atoms with Gasteiger partial charge in [-0.25, -0.2) is 0 Å². The molecule has 1 atom stereocenters. The number of hydrogen-bond donors (Lipinski definition) is 0. The molecule has 1 unspecified atom stereocenters. The van der Waals surface area contributed by atoms with Crippen molar-refractivity contribution < 1.29 is 0 Å². The first-order chi connectivity index (χ1) is 14.3. The van der Waals surface area contributed by atoms with Gasteiger partial charge < -0.3 is 0 Å². The van der Waals surface area contributed by atoms with Crippen LogP contribution in [0, 0.1) is 0 Å². The second kappa shape index (κ2) is 6.46. The van der Waals surface area contributed by atoms with Crippen LogP contribution in [-0.2, 0) is 12.8 Å². The molecule has 0 bridgehead atoms. The molecule has 6 rings (SSSR count). The van der Waals surface area contributed by atoms with Crippen LogP contribution in [0.4, 0.5) is 0 Å². The summed E-state index contributed by atoms with van der Waals surface area (Å²) in [6.07, 6.45) is 3.25. The number of benzene rings is 4. The first kappa shape index (κ1) is 16.8. The van der Waals surface area contributed by atoms with E-state index in [9.17, 15) is 0 Å². The molecule has 0 spiro atoms. The normalized spacial score (nSPS) is 14.1. The summed E-state index contributed by atoms with van der Waals surface area (Å²) in [6, 6.07) is 31.9. The Labute approximate surface area is 172 Å². The molecule has 2 aliphatic rings. The van der Waals surface area contributed by atoms with E-state index in [2.05, 4.69) is 91.9 Å². The van der Waals surface area contributed by atoms with Crippen LogP contribution in [0.1, 0.15) is 52.6 Å². The van der Waals surface area contributed by atoms with Crippen molar-refractivity contribution >= 4 is 0 Å². The van der Waals surface area contributed by atoms with Gasteiger partial charge in [-0.2, -0.15) is 0 Å². The Bertz CT molecular complexity index is 1240. The van der Waals surface area contributed by atoms with Gasteiger partial charge >= 0.3 is 0 Å². The summed E-state index contributed by atoms with van der Waals surface area (Å²) in [5.74, 6) is 0.452. The largest absolute Gasteiger partial charge is 0.0645 e. The first-order valence-corrected chi connectivity index (χ1v) is 10.7. The van der Waals surface area contributed by atoms with Gasteiger partial charge in [-0.1, -0.05) is 91.9 Å². The minimum absolute atomic E-state index is 0.452. The van der Waals surface area contributed by atoms with E-state index < -0.39 is 0 Å². The molecule has 0 saturated heterocycles. The lowest BCUT2D eigenvalue weighted by molar-refractivity contribution is 0.768. The lowest BCUT2D eigenvalue weighted by Crippen LogP contribution is -2.04. The molecule has 0 amide bonds. The van der Waals surface area contributed by atoms with Crippen molar-refractivity contribution in [1.29, 1.82) is 0 Å². The van der Waals surface area contributed by atoms with E-state index in [1.54, 1.807) is 0 Å². The fraction of sp³-hybridized carbons (Fsp3) is 0.172. The summed E-state index contributed by atoms with van der Waals surface area (Å²) in [4.78, 5) is 0. The highest BCUT2D eigenvalue weighted by molar-refractivity contribution is 5.79. The SMILES string of the molecule is CCC(c1ccc2c(c1)Cc1ccccc1-2)c1cccc2c1Cc1ccccc1-2. The molecule has 0 aromatic heterocycles. The van der Waals surface area contributed by atoms with Crippen LogP contribution in [0.25, 0.3) is 22.3 Å². The van der Waals surface area contributed by atoms with E-state index in [0.717, 1.165) is 19.3 Å². The molecule has 0 aliphatic heterocycles.